The van der Waals surface area contributed by atoms with Gasteiger partial charge in [-0.15, -0.1) is 0 Å². The molecule has 0 aromatic carbocycles. The first-order valence-electron chi connectivity index (χ1n) is 4.98. The van der Waals surface area contributed by atoms with Crippen molar-refractivity contribution in [2.24, 2.45) is 0 Å². The molecule has 0 radical (unpaired) electrons. The second-order valence-electron chi connectivity index (χ2n) is 2.81. The minimum absolute atomic E-state index is 0.0650. The van der Waals surface area contributed by atoms with E-state index in [4.69, 9.17) is 0 Å². The molecule has 0 heterocycles. The summed E-state index contributed by atoms with van der Waals surface area (Å²) >= 11 is 0. The van der Waals surface area contributed by atoms with Gasteiger partial charge < -0.3 is 15.2 Å². The number of nitrogens with zero attached hydrogens (tertiary/aromatic N) is 1. The predicted molar refractivity (Wildman–Crippen MR) is 58.0 cm³/mol. The first-order chi connectivity index (χ1) is 5.85. The summed E-state index contributed by atoms with van der Waals surface area (Å²) in [7, 11) is -0.0650. The van der Waals surface area contributed by atoms with Crippen LogP contribution in [0, 0.1) is 0 Å². The van der Waals surface area contributed by atoms with Crippen LogP contribution in [0.3, 0.4) is 0 Å². The predicted octanol–water partition coefficient (Wildman–Crippen LogP) is -0.474. The van der Waals surface area contributed by atoms with Gasteiger partial charge in [-0.05, 0) is 19.6 Å². The van der Waals surface area contributed by atoms with E-state index in [0.717, 1.165) is 13.2 Å². The Kier molecular flexibility index (Phi) is 9.26. The second kappa shape index (κ2) is 9.19. The maximum atomic E-state index is 3.47. The average Bonchev–Trinajstić information content (AvgIpc) is 2.11. The van der Waals surface area contributed by atoms with Gasteiger partial charge in [-0.1, -0.05) is 20.8 Å². The van der Waals surface area contributed by atoms with Gasteiger partial charge in [0.15, 0.2) is 0 Å². The lowest BCUT2D eigenvalue weighted by atomic mass is 10.6. The smallest absolute Gasteiger partial charge is 0.107 e. The molecule has 0 aliphatic carbocycles. The third-order valence-corrected chi connectivity index (χ3v) is 3.46. The van der Waals surface area contributed by atoms with Crippen molar-refractivity contribution in [2.45, 2.75) is 20.8 Å². The highest BCUT2D eigenvalue weighted by Gasteiger charge is 1.96. The normalized spacial score (nSPS) is 12.0. The molecule has 0 aliphatic rings. The van der Waals surface area contributed by atoms with E-state index in [0.29, 0.717) is 0 Å². The summed E-state index contributed by atoms with van der Waals surface area (Å²) < 4.78 is 0. The van der Waals surface area contributed by atoms with E-state index in [1.54, 1.807) is 0 Å². The molecule has 4 heteroatoms. The Morgan fingerprint density at radius 1 is 1.17 bits per heavy atom. The first kappa shape index (κ1) is 12.1. The van der Waals surface area contributed by atoms with E-state index in [-0.39, 0.29) is 9.68 Å². The van der Waals surface area contributed by atoms with Crippen molar-refractivity contribution in [3.8, 4) is 0 Å². The minimum Gasteiger partial charge on any atom is -0.329 e. The van der Waals surface area contributed by atoms with Crippen molar-refractivity contribution in [1.29, 1.82) is 0 Å². The van der Waals surface area contributed by atoms with Crippen molar-refractivity contribution in [3.63, 3.8) is 0 Å². The van der Waals surface area contributed by atoms with E-state index >= 15 is 0 Å². The van der Waals surface area contributed by atoms with Crippen LogP contribution in [0.1, 0.15) is 20.8 Å². The van der Waals surface area contributed by atoms with Gasteiger partial charge in [0.05, 0.1) is 0 Å². The number of rotatable bonds is 8. The van der Waals surface area contributed by atoms with E-state index in [1.165, 1.54) is 19.3 Å². The highest BCUT2D eigenvalue weighted by molar-refractivity contribution is 6.32. The molecule has 0 fully saturated rings. The van der Waals surface area contributed by atoms with Crippen molar-refractivity contribution < 1.29 is 0 Å². The molecule has 0 rings (SSSR count). The Morgan fingerprint density at radius 2 is 1.83 bits per heavy atom. The monoisotopic (exact) mass is 189 g/mol. The van der Waals surface area contributed by atoms with Crippen molar-refractivity contribution >= 4 is 9.68 Å². The van der Waals surface area contributed by atoms with Gasteiger partial charge in [0, 0.05) is 12.8 Å². The summed E-state index contributed by atoms with van der Waals surface area (Å²) in [4.78, 5) is 5.95. The molecule has 12 heavy (non-hydrogen) atoms. The summed E-state index contributed by atoms with van der Waals surface area (Å²) in [5, 5.41) is 3.26. The van der Waals surface area contributed by atoms with Crippen LogP contribution in [0.4, 0.5) is 0 Å². The highest BCUT2D eigenvalue weighted by atomic mass is 28.2. The summed E-state index contributed by atoms with van der Waals surface area (Å²) in [6, 6.07) is 0. The molecule has 0 bridgehead atoms. The van der Waals surface area contributed by atoms with Crippen molar-refractivity contribution in [3.05, 3.63) is 0 Å². The van der Waals surface area contributed by atoms with Gasteiger partial charge >= 0.3 is 0 Å². The fourth-order valence-corrected chi connectivity index (χ4v) is 2.54. The second-order valence-corrected chi connectivity index (χ2v) is 4.25. The molecular weight excluding hydrogens is 166 g/mol. The topological polar surface area (TPSA) is 27.3 Å². The zero-order chi connectivity index (χ0) is 9.23. The summed E-state index contributed by atoms with van der Waals surface area (Å²) in [6.07, 6.45) is 1.29. The Hall–Kier alpha value is 0.0969. The number of nitrogens with one attached hydrogen (secondary N) is 2. The zero-order valence-electron chi connectivity index (χ0n) is 8.69. The van der Waals surface area contributed by atoms with Crippen LogP contribution in [0.25, 0.3) is 0 Å². The molecule has 74 valence electrons. The highest BCUT2D eigenvalue weighted by Crippen LogP contribution is 1.81. The third-order valence-electron chi connectivity index (χ3n) is 2.00. The molecule has 0 aromatic rings. The van der Waals surface area contributed by atoms with Crippen molar-refractivity contribution in [1.82, 2.24) is 15.2 Å². The van der Waals surface area contributed by atoms with Gasteiger partial charge in [-0.3, -0.25) is 0 Å². The van der Waals surface area contributed by atoms with Gasteiger partial charge in [-0.2, -0.15) is 0 Å². The fraction of sp³-hybridized carbons (Fsp3) is 1.00. The standard InChI is InChI=1S/C8H23N3Si/c1-4-9-7-10-12-8-11(5-2)6-3/h9-10H,4-8,12H2,1-3H3. The van der Waals surface area contributed by atoms with E-state index < -0.39 is 0 Å². The summed E-state index contributed by atoms with van der Waals surface area (Å²) in [6.45, 7) is 11.0. The Balaban J connectivity index is 3.06. The number of hydrogen-bond acceptors (Lipinski definition) is 3. The summed E-state index contributed by atoms with van der Waals surface area (Å²) in [5.74, 6) is 0. The van der Waals surface area contributed by atoms with Gasteiger partial charge in [0.25, 0.3) is 0 Å². The minimum atomic E-state index is -0.0650. The van der Waals surface area contributed by atoms with E-state index in [2.05, 4.69) is 36.0 Å². The largest absolute Gasteiger partial charge is 0.329 e. The van der Waals surface area contributed by atoms with Crippen molar-refractivity contribution in [2.75, 3.05) is 32.5 Å². The molecule has 0 aliphatic heterocycles. The molecule has 0 saturated carbocycles. The SMILES string of the molecule is CCNCN[SiH2]CN(CC)CC. The van der Waals surface area contributed by atoms with Crippen LogP contribution in [0.15, 0.2) is 0 Å². The van der Waals surface area contributed by atoms with E-state index in [9.17, 15) is 0 Å². The molecule has 2 N–H and O–H groups in total. The maximum Gasteiger partial charge on any atom is 0.107 e. The van der Waals surface area contributed by atoms with Crippen LogP contribution in [0.5, 0.6) is 0 Å². The van der Waals surface area contributed by atoms with E-state index in [1.807, 2.05) is 0 Å². The van der Waals surface area contributed by atoms with Crippen LogP contribution in [-0.4, -0.2) is 47.1 Å². The zero-order valence-corrected chi connectivity index (χ0v) is 10.1. The molecule has 0 amide bonds. The van der Waals surface area contributed by atoms with Crippen LogP contribution >= 0.6 is 0 Å². The van der Waals surface area contributed by atoms with Gasteiger partial charge in [-0.25, -0.2) is 0 Å². The van der Waals surface area contributed by atoms with Crippen LogP contribution in [0.2, 0.25) is 0 Å². The quantitative estimate of drug-likeness (QED) is 0.307. The van der Waals surface area contributed by atoms with Crippen LogP contribution in [-0.2, 0) is 0 Å². The lowest BCUT2D eigenvalue weighted by Crippen LogP contribution is -2.38. The lowest BCUT2D eigenvalue weighted by Gasteiger charge is -2.17. The fourth-order valence-electron chi connectivity index (χ4n) is 1.08. The lowest BCUT2D eigenvalue weighted by molar-refractivity contribution is 0.351. The Morgan fingerprint density at radius 3 is 2.33 bits per heavy atom. The van der Waals surface area contributed by atoms with Crippen LogP contribution < -0.4 is 10.3 Å². The van der Waals surface area contributed by atoms with Gasteiger partial charge in [0.1, 0.15) is 9.68 Å². The molecule has 0 atom stereocenters. The Bertz CT molecular complexity index is 86.4. The average molecular weight is 189 g/mol. The molecule has 0 spiro atoms. The third kappa shape index (κ3) is 6.79. The molecule has 0 saturated heterocycles. The first-order valence-corrected chi connectivity index (χ1v) is 6.69. The number of hydrogen-bond donors (Lipinski definition) is 2. The summed E-state index contributed by atoms with van der Waals surface area (Å²) in [5.41, 5.74) is 0. The van der Waals surface area contributed by atoms with Gasteiger partial charge in [0.2, 0.25) is 0 Å². The molecular formula is C8H23N3Si. The maximum absolute atomic E-state index is 3.47. The molecule has 0 unspecified atom stereocenters. The molecule has 3 nitrogen and oxygen atoms in total. The Labute approximate surface area is 78.8 Å². The molecule has 0 aromatic heterocycles.